The molecule has 2 heterocycles. The Labute approximate surface area is 147 Å². The van der Waals surface area contributed by atoms with Crippen LogP contribution in [-0.2, 0) is 16.0 Å². The number of anilines is 2. The van der Waals surface area contributed by atoms with Gasteiger partial charge >= 0.3 is 0 Å². The fraction of sp³-hybridized carbons (Fsp3) is 0.474. The van der Waals surface area contributed by atoms with Crippen LogP contribution in [0.2, 0.25) is 0 Å². The fourth-order valence-corrected chi connectivity index (χ4v) is 3.30. The molecule has 0 unspecified atom stereocenters. The number of benzene rings is 1. The zero-order valence-electron chi connectivity index (χ0n) is 14.4. The van der Waals surface area contributed by atoms with Gasteiger partial charge in [0.15, 0.2) is 5.66 Å². The predicted octanol–water partition coefficient (Wildman–Crippen LogP) is 3.28. The Morgan fingerprint density at radius 2 is 2.16 bits per heavy atom. The van der Waals surface area contributed by atoms with Gasteiger partial charge in [0.25, 0.3) is 0 Å². The van der Waals surface area contributed by atoms with Crippen molar-refractivity contribution in [3.8, 4) is 12.3 Å². The molecule has 6 nitrogen and oxygen atoms in total. The van der Waals surface area contributed by atoms with Gasteiger partial charge in [0.05, 0.1) is 0 Å². The van der Waals surface area contributed by atoms with Crippen molar-refractivity contribution in [3.05, 3.63) is 23.8 Å². The Morgan fingerprint density at radius 1 is 1.36 bits per heavy atom. The number of terminal acetylenes is 1. The molecular weight excluding hydrogens is 316 g/mol. The Balaban J connectivity index is 1.69. The van der Waals surface area contributed by atoms with E-state index in [4.69, 9.17) is 6.42 Å². The van der Waals surface area contributed by atoms with E-state index < -0.39 is 5.66 Å². The number of hydrogen-bond acceptors (Lipinski definition) is 4. The van der Waals surface area contributed by atoms with Crippen LogP contribution in [0.5, 0.6) is 0 Å². The summed E-state index contributed by atoms with van der Waals surface area (Å²) in [7, 11) is 0. The topological polar surface area (TPSA) is 74.1 Å². The van der Waals surface area contributed by atoms with E-state index in [9.17, 15) is 9.59 Å². The highest BCUT2D eigenvalue weighted by molar-refractivity contribution is 5.97. The number of rotatable bonds is 6. The van der Waals surface area contributed by atoms with E-state index in [1.807, 2.05) is 23.1 Å². The van der Waals surface area contributed by atoms with E-state index >= 15 is 0 Å². The molecule has 130 valence electrons. The molecule has 0 saturated heterocycles. The van der Waals surface area contributed by atoms with Gasteiger partial charge in [-0.05, 0) is 30.5 Å². The highest BCUT2D eigenvalue weighted by Crippen LogP contribution is 2.39. The average Bonchev–Trinajstić information content (AvgIpc) is 3.38. The van der Waals surface area contributed by atoms with Gasteiger partial charge in [-0.15, -0.1) is 12.3 Å². The van der Waals surface area contributed by atoms with Crippen LogP contribution in [0.4, 0.5) is 11.4 Å². The van der Waals surface area contributed by atoms with Gasteiger partial charge in [0, 0.05) is 50.5 Å². The molecule has 0 spiro atoms. The largest absolute Gasteiger partial charge is 0.326 e. The van der Waals surface area contributed by atoms with Crippen LogP contribution in [0.1, 0.15) is 44.6 Å². The Morgan fingerprint density at radius 3 is 2.84 bits per heavy atom. The first-order valence-corrected chi connectivity index (χ1v) is 8.62. The number of nitrogens with one attached hydrogen (secondary N) is 1. The molecule has 2 aliphatic heterocycles. The second kappa shape index (κ2) is 7.06. The second-order valence-corrected chi connectivity index (χ2v) is 6.52. The van der Waals surface area contributed by atoms with E-state index in [-0.39, 0.29) is 11.8 Å². The van der Waals surface area contributed by atoms with Gasteiger partial charge in [-0.3, -0.25) is 9.59 Å². The number of carbonyl (C=O) groups is 2. The smallest absolute Gasteiger partial charge is 0.227 e. The molecule has 2 aliphatic rings. The standard InChI is InChI=1S/C19H22N4O2/c1-3-4-11-19(21-22-19)12-10-18(25)23-13-6-7-15-16(20-14(2)24)8-5-9-17(15)23/h1,5,8-9H,4,6-7,10-13H2,2H3,(H,20,24). The lowest BCUT2D eigenvalue weighted by Gasteiger charge is -2.31. The van der Waals surface area contributed by atoms with Gasteiger partial charge in [-0.25, -0.2) is 0 Å². The van der Waals surface area contributed by atoms with Gasteiger partial charge < -0.3 is 10.2 Å². The maximum absolute atomic E-state index is 12.8. The van der Waals surface area contributed by atoms with Crippen molar-refractivity contribution in [2.45, 2.75) is 51.1 Å². The third-order valence-electron chi connectivity index (χ3n) is 4.65. The van der Waals surface area contributed by atoms with Crippen molar-refractivity contribution >= 4 is 23.2 Å². The molecule has 25 heavy (non-hydrogen) atoms. The normalized spacial score (nSPS) is 16.7. The van der Waals surface area contributed by atoms with E-state index in [0.29, 0.717) is 32.2 Å². The Kier molecular flexibility index (Phi) is 4.84. The first kappa shape index (κ1) is 17.2. The third-order valence-corrected chi connectivity index (χ3v) is 4.65. The third kappa shape index (κ3) is 3.87. The molecule has 1 aromatic carbocycles. The van der Waals surface area contributed by atoms with Crippen molar-refractivity contribution < 1.29 is 9.59 Å². The highest BCUT2D eigenvalue weighted by atomic mass is 16.2. The zero-order chi connectivity index (χ0) is 17.9. The molecule has 0 aromatic heterocycles. The Bertz CT molecular complexity index is 757. The highest BCUT2D eigenvalue weighted by Gasteiger charge is 2.40. The second-order valence-electron chi connectivity index (χ2n) is 6.52. The maximum atomic E-state index is 12.8. The summed E-state index contributed by atoms with van der Waals surface area (Å²) in [6, 6.07) is 5.69. The zero-order valence-corrected chi connectivity index (χ0v) is 14.4. The summed E-state index contributed by atoms with van der Waals surface area (Å²) in [6.07, 6.45) is 9.35. The first-order chi connectivity index (χ1) is 12.0. The van der Waals surface area contributed by atoms with Crippen molar-refractivity contribution in [2.75, 3.05) is 16.8 Å². The predicted molar refractivity (Wildman–Crippen MR) is 96.3 cm³/mol. The molecule has 0 aliphatic carbocycles. The Hall–Kier alpha value is -2.68. The van der Waals surface area contributed by atoms with Crippen molar-refractivity contribution in [1.29, 1.82) is 0 Å². The van der Waals surface area contributed by atoms with Gasteiger partial charge in [-0.1, -0.05) is 6.07 Å². The molecule has 0 saturated carbocycles. The summed E-state index contributed by atoms with van der Waals surface area (Å²) in [6.45, 7) is 2.18. The molecule has 0 fully saturated rings. The molecule has 0 atom stereocenters. The number of amides is 2. The number of nitrogens with zero attached hydrogens (tertiary/aromatic N) is 3. The molecule has 0 bridgehead atoms. The lowest BCUT2D eigenvalue weighted by molar-refractivity contribution is -0.119. The van der Waals surface area contributed by atoms with Crippen LogP contribution in [0.25, 0.3) is 0 Å². The van der Waals surface area contributed by atoms with Crippen molar-refractivity contribution in [1.82, 2.24) is 0 Å². The number of hydrogen-bond donors (Lipinski definition) is 1. The average molecular weight is 338 g/mol. The lowest BCUT2D eigenvalue weighted by atomic mass is 9.97. The summed E-state index contributed by atoms with van der Waals surface area (Å²) in [5.41, 5.74) is 2.28. The van der Waals surface area contributed by atoms with Crippen LogP contribution in [0.3, 0.4) is 0 Å². The van der Waals surface area contributed by atoms with Crippen LogP contribution in [0, 0.1) is 12.3 Å². The van der Waals surface area contributed by atoms with Crippen LogP contribution in [0.15, 0.2) is 28.4 Å². The molecule has 1 aromatic rings. The SMILES string of the molecule is C#CCCC1(CCC(=O)N2CCCc3c(NC(C)=O)cccc32)N=N1. The van der Waals surface area contributed by atoms with Gasteiger partial charge in [0.1, 0.15) is 0 Å². The van der Waals surface area contributed by atoms with Crippen molar-refractivity contribution in [2.24, 2.45) is 10.2 Å². The molecule has 2 amide bonds. The molecular formula is C19H22N4O2. The van der Waals surface area contributed by atoms with E-state index in [2.05, 4.69) is 21.5 Å². The molecule has 0 radical (unpaired) electrons. The number of carbonyl (C=O) groups excluding carboxylic acids is 2. The van der Waals surface area contributed by atoms with Crippen molar-refractivity contribution in [3.63, 3.8) is 0 Å². The molecule has 1 N–H and O–H groups in total. The van der Waals surface area contributed by atoms with Crippen LogP contribution >= 0.6 is 0 Å². The van der Waals surface area contributed by atoms with Gasteiger partial charge in [0.2, 0.25) is 11.8 Å². The quantitative estimate of drug-likeness (QED) is 0.808. The molecule has 3 rings (SSSR count). The minimum absolute atomic E-state index is 0.0679. The molecule has 6 heteroatoms. The minimum Gasteiger partial charge on any atom is -0.326 e. The van der Waals surface area contributed by atoms with Crippen LogP contribution in [-0.4, -0.2) is 24.0 Å². The summed E-state index contributed by atoms with van der Waals surface area (Å²) < 4.78 is 0. The first-order valence-electron chi connectivity index (χ1n) is 8.62. The van der Waals surface area contributed by atoms with E-state index in [1.165, 1.54) is 6.92 Å². The summed E-state index contributed by atoms with van der Waals surface area (Å²) in [5.74, 6) is 2.56. The summed E-state index contributed by atoms with van der Waals surface area (Å²) >= 11 is 0. The summed E-state index contributed by atoms with van der Waals surface area (Å²) in [4.78, 5) is 26.0. The maximum Gasteiger partial charge on any atom is 0.227 e. The van der Waals surface area contributed by atoms with Gasteiger partial charge in [-0.2, -0.15) is 10.2 Å². The van der Waals surface area contributed by atoms with E-state index in [1.54, 1.807) is 0 Å². The lowest BCUT2D eigenvalue weighted by Crippen LogP contribution is -2.36. The van der Waals surface area contributed by atoms with E-state index in [0.717, 1.165) is 29.8 Å². The monoisotopic (exact) mass is 338 g/mol. The minimum atomic E-state index is -0.432. The number of fused-ring (bicyclic) bond motifs is 1. The van der Waals surface area contributed by atoms with Crippen LogP contribution < -0.4 is 10.2 Å². The summed E-state index contributed by atoms with van der Waals surface area (Å²) in [5, 5.41) is 11.0. The fourth-order valence-electron chi connectivity index (χ4n) is 3.30.